The fourth-order valence-electron chi connectivity index (χ4n) is 3.31. The van der Waals surface area contributed by atoms with Crippen molar-refractivity contribution in [1.82, 2.24) is 14.5 Å². The molecule has 31 heavy (non-hydrogen) atoms. The Morgan fingerprint density at radius 2 is 1.90 bits per heavy atom. The molecule has 2 aromatic heterocycles. The van der Waals surface area contributed by atoms with Crippen LogP contribution in [0.2, 0.25) is 0 Å². The van der Waals surface area contributed by atoms with Gasteiger partial charge in [0, 0.05) is 17.6 Å². The first-order valence-corrected chi connectivity index (χ1v) is 10.8. The Bertz CT molecular complexity index is 1210. The van der Waals surface area contributed by atoms with E-state index >= 15 is 0 Å². The van der Waals surface area contributed by atoms with Crippen LogP contribution < -0.4 is 5.32 Å². The van der Waals surface area contributed by atoms with Gasteiger partial charge in [-0.2, -0.15) is 0 Å². The number of nitrogens with one attached hydrogen (secondary N) is 1. The summed E-state index contributed by atoms with van der Waals surface area (Å²) < 4.78 is 28.6. The number of fused-ring (bicyclic) bond motifs is 1. The normalized spacial score (nSPS) is 12.1. The van der Waals surface area contributed by atoms with Gasteiger partial charge in [0.25, 0.3) is 0 Å². The number of hydrogen-bond acceptors (Lipinski definition) is 4. The van der Waals surface area contributed by atoms with Crippen LogP contribution in [-0.4, -0.2) is 20.4 Å². The summed E-state index contributed by atoms with van der Waals surface area (Å²) in [6, 6.07) is 15.1. The molecule has 1 N–H and O–H groups in total. The van der Waals surface area contributed by atoms with Gasteiger partial charge >= 0.3 is 0 Å². The smallest absolute Gasteiger partial charge is 0.247 e. The van der Waals surface area contributed by atoms with Crippen LogP contribution in [-0.2, 0) is 10.5 Å². The molecule has 0 fully saturated rings. The van der Waals surface area contributed by atoms with Crippen LogP contribution in [0.1, 0.15) is 24.9 Å². The van der Waals surface area contributed by atoms with E-state index in [1.54, 1.807) is 18.3 Å². The van der Waals surface area contributed by atoms with E-state index in [0.29, 0.717) is 34.2 Å². The minimum absolute atomic E-state index is 0.244. The van der Waals surface area contributed by atoms with E-state index in [1.165, 1.54) is 48.2 Å². The molecule has 0 saturated heterocycles. The van der Waals surface area contributed by atoms with Crippen molar-refractivity contribution in [3.05, 3.63) is 84.1 Å². The summed E-state index contributed by atoms with van der Waals surface area (Å²) in [5, 5.41) is 3.46. The van der Waals surface area contributed by atoms with Gasteiger partial charge in [0.2, 0.25) is 5.91 Å². The second-order valence-corrected chi connectivity index (χ2v) is 7.89. The molecule has 2 aromatic carbocycles. The van der Waals surface area contributed by atoms with Crippen molar-refractivity contribution >= 4 is 34.5 Å². The molecule has 1 atom stereocenters. The number of pyridine rings is 1. The molecule has 4 aromatic rings. The molecule has 158 valence electrons. The van der Waals surface area contributed by atoms with E-state index in [1.807, 2.05) is 23.6 Å². The second kappa shape index (κ2) is 9.26. The zero-order valence-electron chi connectivity index (χ0n) is 16.8. The van der Waals surface area contributed by atoms with Gasteiger partial charge in [-0.25, -0.2) is 18.7 Å². The molecule has 1 amide bonds. The number of benzene rings is 2. The fourth-order valence-corrected chi connectivity index (χ4v) is 4.30. The summed E-state index contributed by atoms with van der Waals surface area (Å²) in [6.07, 6.45) is 2.16. The maximum Gasteiger partial charge on any atom is 0.247 e. The van der Waals surface area contributed by atoms with Gasteiger partial charge < -0.3 is 5.32 Å². The highest BCUT2D eigenvalue weighted by Gasteiger charge is 2.25. The van der Waals surface area contributed by atoms with Gasteiger partial charge in [-0.3, -0.25) is 9.36 Å². The van der Waals surface area contributed by atoms with E-state index in [9.17, 15) is 13.6 Å². The summed E-state index contributed by atoms with van der Waals surface area (Å²) >= 11 is 1.42. The molecule has 0 aliphatic rings. The summed E-state index contributed by atoms with van der Waals surface area (Å²) in [5.74, 6) is -0.409. The lowest BCUT2D eigenvalue weighted by atomic mass is 10.2. The summed E-state index contributed by atoms with van der Waals surface area (Å²) in [6.45, 7) is 1.91. The largest absolute Gasteiger partial charge is 0.324 e. The van der Waals surface area contributed by atoms with Crippen LogP contribution >= 0.6 is 11.8 Å². The number of carbonyl (C=O) groups is 1. The highest BCUT2D eigenvalue weighted by molar-refractivity contribution is 7.98. The quantitative estimate of drug-likeness (QED) is 0.382. The topological polar surface area (TPSA) is 59.8 Å². The number of halogens is 2. The molecular weight excluding hydrogens is 418 g/mol. The number of imidazole rings is 1. The third-order valence-electron chi connectivity index (χ3n) is 4.79. The van der Waals surface area contributed by atoms with Crippen molar-refractivity contribution in [1.29, 1.82) is 0 Å². The molecule has 8 heteroatoms. The lowest BCUT2D eigenvalue weighted by Crippen LogP contribution is -2.26. The average molecular weight is 439 g/mol. The molecule has 4 rings (SSSR count). The number of hydrogen-bond donors (Lipinski definition) is 1. The molecule has 0 radical (unpaired) electrons. The van der Waals surface area contributed by atoms with Crippen molar-refractivity contribution in [3.8, 4) is 0 Å². The highest BCUT2D eigenvalue weighted by atomic mass is 32.2. The molecule has 0 saturated carbocycles. The minimum Gasteiger partial charge on any atom is -0.324 e. The SMILES string of the molecule is CC[C@@H](C(=O)Nc1ccc(F)cc1)n1c(SCc2cccc(F)c2)nc2cccnc21. The van der Waals surface area contributed by atoms with Crippen LogP contribution in [0, 0.1) is 11.6 Å². The molecule has 0 spiro atoms. The zero-order valence-corrected chi connectivity index (χ0v) is 17.6. The van der Waals surface area contributed by atoms with Crippen LogP contribution in [0.5, 0.6) is 0 Å². The highest BCUT2D eigenvalue weighted by Crippen LogP contribution is 2.31. The Morgan fingerprint density at radius 1 is 1.10 bits per heavy atom. The summed E-state index contributed by atoms with van der Waals surface area (Å²) in [4.78, 5) is 22.2. The summed E-state index contributed by atoms with van der Waals surface area (Å²) in [7, 11) is 0. The standard InChI is InChI=1S/C23H20F2N4OS/c1-2-20(22(30)27-18-10-8-16(24)9-11-18)29-21-19(7-4-12-26-21)28-23(29)31-14-15-5-3-6-17(25)13-15/h3-13,20H,2,14H2,1H3,(H,27,30)/t20-/m0/s1. The first kappa shape index (κ1) is 21.0. The third kappa shape index (κ3) is 4.74. The van der Waals surface area contributed by atoms with Crippen molar-refractivity contribution in [2.75, 3.05) is 5.32 Å². The molecule has 0 aliphatic carbocycles. The number of carbonyl (C=O) groups excluding carboxylic acids is 1. The Hall–Kier alpha value is -3.26. The number of nitrogens with zero attached hydrogens (tertiary/aromatic N) is 3. The lowest BCUT2D eigenvalue weighted by molar-refractivity contribution is -0.119. The summed E-state index contributed by atoms with van der Waals surface area (Å²) in [5.41, 5.74) is 2.61. The monoisotopic (exact) mass is 438 g/mol. The number of anilines is 1. The van der Waals surface area contributed by atoms with Gasteiger partial charge in [-0.05, 0) is 60.5 Å². The van der Waals surface area contributed by atoms with E-state index in [-0.39, 0.29) is 17.5 Å². The Labute approximate surface area is 182 Å². The Morgan fingerprint density at radius 3 is 2.65 bits per heavy atom. The van der Waals surface area contributed by atoms with Crippen molar-refractivity contribution < 1.29 is 13.6 Å². The van der Waals surface area contributed by atoms with E-state index in [4.69, 9.17) is 0 Å². The van der Waals surface area contributed by atoms with Crippen LogP contribution in [0.25, 0.3) is 11.2 Å². The minimum atomic E-state index is -0.569. The Kier molecular flexibility index (Phi) is 6.27. The van der Waals surface area contributed by atoms with Crippen LogP contribution in [0.15, 0.2) is 72.0 Å². The lowest BCUT2D eigenvalue weighted by Gasteiger charge is -2.19. The first-order chi connectivity index (χ1) is 15.0. The second-order valence-electron chi connectivity index (χ2n) is 6.95. The van der Waals surface area contributed by atoms with E-state index in [0.717, 1.165) is 5.56 Å². The van der Waals surface area contributed by atoms with Gasteiger partial charge in [-0.15, -0.1) is 0 Å². The zero-order chi connectivity index (χ0) is 21.8. The fraction of sp³-hybridized carbons (Fsp3) is 0.174. The average Bonchev–Trinajstić information content (AvgIpc) is 3.13. The molecule has 2 heterocycles. The van der Waals surface area contributed by atoms with Gasteiger partial charge in [0.15, 0.2) is 10.8 Å². The predicted octanol–water partition coefficient (Wildman–Crippen LogP) is 5.59. The molecule has 5 nitrogen and oxygen atoms in total. The maximum absolute atomic E-state index is 13.5. The number of aromatic nitrogens is 3. The van der Waals surface area contributed by atoms with Crippen molar-refractivity contribution in [2.24, 2.45) is 0 Å². The number of rotatable bonds is 7. The van der Waals surface area contributed by atoms with E-state index in [2.05, 4.69) is 15.3 Å². The molecule has 0 bridgehead atoms. The van der Waals surface area contributed by atoms with Gasteiger partial charge in [-0.1, -0.05) is 30.8 Å². The van der Waals surface area contributed by atoms with E-state index < -0.39 is 6.04 Å². The number of thioether (sulfide) groups is 1. The van der Waals surface area contributed by atoms with Crippen LogP contribution in [0.3, 0.4) is 0 Å². The van der Waals surface area contributed by atoms with Gasteiger partial charge in [0.1, 0.15) is 23.2 Å². The third-order valence-corrected chi connectivity index (χ3v) is 5.81. The predicted molar refractivity (Wildman–Crippen MR) is 118 cm³/mol. The van der Waals surface area contributed by atoms with Crippen LogP contribution in [0.4, 0.5) is 14.5 Å². The Balaban J connectivity index is 1.65. The molecule has 0 unspecified atom stereocenters. The molecule has 0 aliphatic heterocycles. The van der Waals surface area contributed by atoms with Gasteiger partial charge in [0.05, 0.1) is 0 Å². The van der Waals surface area contributed by atoms with Crippen molar-refractivity contribution in [2.45, 2.75) is 30.3 Å². The first-order valence-electron chi connectivity index (χ1n) is 9.81. The number of amides is 1. The maximum atomic E-state index is 13.5. The molecular formula is C23H20F2N4OS. The van der Waals surface area contributed by atoms with Crippen molar-refractivity contribution in [3.63, 3.8) is 0 Å².